The smallest absolute Gasteiger partial charge is 0.211 e. The Morgan fingerprint density at radius 1 is 1.37 bits per heavy atom. The van der Waals surface area contributed by atoms with Crippen molar-refractivity contribution in [2.45, 2.75) is 57.1 Å². The maximum absolute atomic E-state index is 11.9. The number of hydrogen-bond acceptors (Lipinski definition) is 4. The molecule has 0 aromatic rings. The van der Waals surface area contributed by atoms with Gasteiger partial charge in [0.15, 0.2) is 0 Å². The number of rotatable bonds is 5. The van der Waals surface area contributed by atoms with Crippen LogP contribution < -0.4 is 10.0 Å². The lowest BCUT2D eigenvalue weighted by molar-refractivity contribution is -0.0903. The molecule has 1 spiro atoms. The summed E-state index contributed by atoms with van der Waals surface area (Å²) in [6, 6.07) is 0.0954. The second-order valence-corrected chi connectivity index (χ2v) is 7.65. The highest BCUT2D eigenvalue weighted by atomic mass is 32.2. The third-order valence-corrected chi connectivity index (χ3v) is 5.66. The van der Waals surface area contributed by atoms with Gasteiger partial charge in [-0.15, -0.1) is 0 Å². The van der Waals surface area contributed by atoms with Gasteiger partial charge < -0.3 is 10.1 Å². The van der Waals surface area contributed by atoms with Crippen LogP contribution in [0.2, 0.25) is 0 Å². The summed E-state index contributed by atoms with van der Waals surface area (Å²) in [4.78, 5) is 0. The lowest BCUT2D eigenvalue weighted by Gasteiger charge is -2.42. The fourth-order valence-corrected chi connectivity index (χ4v) is 4.47. The summed E-state index contributed by atoms with van der Waals surface area (Å²) in [5, 5.41) is 3.37. The third kappa shape index (κ3) is 4.41. The van der Waals surface area contributed by atoms with Crippen LogP contribution in [0.25, 0.3) is 0 Å². The van der Waals surface area contributed by atoms with Gasteiger partial charge >= 0.3 is 0 Å². The molecule has 0 amide bonds. The Hall–Kier alpha value is -0.170. The highest BCUT2D eigenvalue weighted by molar-refractivity contribution is 7.89. The molecule has 112 valence electrons. The Bertz CT molecular complexity index is 367. The highest BCUT2D eigenvalue weighted by Gasteiger charge is 2.38. The van der Waals surface area contributed by atoms with E-state index in [4.69, 9.17) is 4.74 Å². The minimum atomic E-state index is -3.09. The van der Waals surface area contributed by atoms with Crippen LogP contribution in [0.15, 0.2) is 0 Å². The largest absolute Gasteiger partial charge is 0.372 e. The minimum absolute atomic E-state index is 0.0381. The number of sulfonamides is 1. The first kappa shape index (κ1) is 15.2. The van der Waals surface area contributed by atoms with E-state index in [-0.39, 0.29) is 17.4 Å². The van der Waals surface area contributed by atoms with E-state index < -0.39 is 10.0 Å². The molecule has 0 aromatic heterocycles. The Kier molecular flexibility index (Phi) is 5.22. The van der Waals surface area contributed by atoms with Crippen LogP contribution in [0.1, 0.15) is 45.4 Å². The van der Waals surface area contributed by atoms with Crippen LogP contribution in [0.3, 0.4) is 0 Å². The Labute approximate surface area is 116 Å². The molecule has 6 heteroatoms. The van der Waals surface area contributed by atoms with E-state index >= 15 is 0 Å². The summed E-state index contributed by atoms with van der Waals surface area (Å²) in [5.41, 5.74) is -0.0381. The van der Waals surface area contributed by atoms with Crippen molar-refractivity contribution in [1.29, 1.82) is 0 Å². The van der Waals surface area contributed by atoms with E-state index in [9.17, 15) is 8.42 Å². The van der Waals surface area contributed by atoms with E-state index in [0.717, 1.165) is 58.2 Å². The summed E-state index contributed by atoms with van der Waals surface area (Å²) < 4.78 is 32.5. The molecule has 0 bridgehead atoms. The molecule has 0 aromatic carbocycles. The molecule has 0 unspecified atom stereocenters. The van der Waals surface area contributed by atoms with Crippen LogP contribution in [0.4, 0.5) is 0 Å². The Balaban J connectivity index is 1.80. The second-order valence-electron chi connectivity index (χ2n) is 5.77. The van der Waals surface area contributed by atoms with Crippen molar-refractivity contribution in [2.75, 3.05) is 25.4 Å². The van der Waals surface area contributed by atoms with Crippen molar-refractivity contribution in [3.05, 3.63) is 0 Å². The Morgan fingerprint density at radius 3 is 2.68 bits per heavy atom. The fourth-order valence-electron chi connectivity index (χ4n) is 2.94. The molecule has 0 radical (unpaired) electrons. The zero-order valence-corrected chi connectivity index (χ0v) is 12.6. The van der Waals surface area contributed by atoms with Crippen molar-refractivity contribution in [3.63, 3.8) is 0 Å². The maximum Gasteiger partial charge on any atom is 0.211 e. The van der Waals surface area contributed by atoms with Crippen LogP contribution in [0, 0.1) is 0 Å². The second kappa shape index (κ2) is 6.52. The van der Waals surface area contributed by atoms with Crippen molar-refractivity contribution in [3.8, 4) is 0 Å². The number of ether oxygens (including phenoxy) is 1. The van der Waals surface area contributed by atoms with Crippen LogP contribution in [-0.4, -0.2) is 45.5 Å². The van der Waals surface area contributed by atoms with Gasteiger partial charge in [-0.2, -0.15) is 0 Å². The third-order valence-electron chi connectivity index (χ3n) is 4.14. The van der Waals surface area contributed by atoms with E-state index in [0.29, 0.717) is 0 Å². The van der Waals surface area contributed by atoms with Crippen molar-refractivity contribution >= 4 is 10.0 Å². The molecule has 1 heterocycles. The average Bonchev–Trinajstić information content (AvgIpc) is 2.40. The van der Waals surface area contributed by atoms with Gasteiger partial charge in [-0.25, -0.2) is 13.1 Å². The van der Waals surface area contributed by atoms with Gasteiger partial charge in [0.2, 0.25) is 10.0 Å². The van der Waals surface area contributed by atoms with Crippen LogP contribution in [0.5, 0.6) is 0 Å². The topological polar surface area (TPSA) is 67.4 Å². The van der Waals surface area contributed by atoms with Gasteiger partial charge in [0.1, 0.15) is 0 Å². The van der Waals surface area contributed by atoms with Gasteiger partial charge in [0.05, 0.1) is 18.0 Å². The van der Waals surface area contributed by atoms with E-state index in [1.807, 2.05) is 6.92 Å². The number of unbranched alkanes of at least 4 members (excludes halogenated alkanes) is 1. The molecular formula is C13H26N2O3S. The van der Waals surface area contributed by atoms with Crippen molar-refractivity contribution in [1.82, 2.24) is 10.0 Å². The Morgan fingerprint density at radius 2 is 2.11 bits per heavy atom. The lowest BCUT2D eigenvalue weighted by atomic mass is 9.81. The molecule has 2 rings (SSSR count). The van der Waals surface area contributed by atoms with Gasteiger partial charge in [-0.3, -0.25) is 0 Å². The lowest BCUT2D eigenvalue weighted by Crippen LogP contribution is -2.53. The van der Waals surface area contributed by atoms with Crippen molar-refractivity contribution in [2.24, 2.45) is 0 Å². The molecule has 19 heavy (non-hydrogen) atoms. The summed E-state index contributed by atoms with van der Waals surface area (Å²) in [5.74, 6) is 0.253. The number of nitrogens with one attached hydrogen (secondary N) is 2. The number of morpholine rings is 1. The SMILES string of the molecule is CCCCS(=O)(=O)NC1CCC2(CC1)CNCCO2. The van der Waals surface area contributed by atoms with Gasteiger partial charge in [0, 0.05) is 19.1 Å². The molecule has 1 aliphatic carbocycles. The van der Waals surface area contributed by atoms with Crippen LogP contribution in [-0.2, 0) is 14.8 Å². The first-order chi connectivity index (χ1) is 9.05. The van der Waals surface area contributed by atoms with Gasteiger partial charge in [0.25, 0.3) is 0 Å². The zero-order chi connectivity index (χ0) is 13.8. The first-order valence-corrected chi connectivity index (χ1v) is 9.05. The molecule has 1 saturated carbocycles. The maximum atomic E-state index is 11.9. The fraction of sp³-hybridized carbons (Fsp3) is 1.00. The molecule has 2 N–H and O–H groups in total. The standard InChI is InChI=1S/C13H26N2O3S/c1-2-3-10-19(16,17)15-12-4-6-13(7-5-12)11-14-8-9-18-13/h12,14-15H,2-11H2,1H3. The molecule has 2 fully saturated rings. The van der Waals surface area contributed by atoms with Gasteiger partial charge in [-0.1, -0.05) is 13.3 Å². The normalized spacial score (nSPS) is 32.6. The first-order valence-electron chi connectivity index (χ1n) is 7.40. The molecule has 1 saturated heterocycles. The van der Waals surface area contributed by atoms with E-state index in [1.165, 1.54) is 0 Å². The molecule has 1 aliphatic heterocycles. The predicted octanol–water partition coefficient (Wildman–Crippen LogP) is 1.01. The number of hydrogen-bond donors (Lipinski definition) is 2. The highest BCUT2D eigenvalue weighted by Crippen LogP contribution is 2.32. The molecule has 2 aliphatic rings. The average molecular weight is 290 g/mol. The van der Waals surface area contributed by atoms with E-state index in [1.54, 1.807) is 0 Å². The summed E-state index contributed by atoms with van der Waals surface area (Å²) >= 11 is 0. The quantitative estimate of drug-likeness (QED) is 0.793. The van der Waals surface area contributed by atoms with Crippen LogP contribution >= 0.6 is 0 Å². The molecular weight excluding hydrogens is 264 g/mol. The monoisotopic (exact) mass is 290 g/mol. The zero-order valence-electron chi connectivity index (χ0n) is 11.8. The predicted molar refractivity (Wildman–Crippen MR) is 75.6 cm³/mol. The molecule has 5 nitrogen and oxygen atoms in total. The van der Waals surface area contributed by atoms with E-state index in [2.05, 4.69) is 10.0 Å². The van der Waals surface area contributed by atoms with Crippen molar-refractivity contribution < 1.29 is 13.2 Å². The summed E-state index contributed by atoms with van der Waals surface area (Å²) in [6.07, 6.45) is 5.30. The minimum Gasteiger partial charge on any atom is -0.372 e. The molecule has 0 atom stereocenters. The summed E-state index contributed by atoms with van der Waals surface area (Å²) in [6.45, 7) is 4.61. The van der Waals surface area contributed by atoms with Gasteiger partial charge in [-0.05, 0) is 32.1 Å². The summed E-state index contributed by atoms with van der Waals surface area (Å²) in [7, 11) is -3.09.